The SMILES string of the molecule is C[C@@H]([NH2+]CC(=O)Nc1ccccc1C#N)c1ccccc1Cl. The van der Waals surface area contributed by atoms with Crippen LogP contribution in [0.15, 0.2) is 48.5 Å². The van der Waals surface area contributed by atoms with Gasteiger partial charge in [0, 0.05) is 10.6 Å². The summed E-state index contributed by atoms with van der Waals surface area (Å²) in [4.78, 5) is 12.0. The molecule has 0 saturated heterocycles. The first-order valence-corrected chi connectivity index (χ1v) is 7.36. The molecule has 0 radical (unpaired) electrons. The van der Waals surface area contributed by atoms with E-state index in [1.807, 2.05) is 36.5 Å². The fourth-order valence-corrected chi connectivity index (χ4v) is 2.45. The quantitative estimate of drug-likeness (QED) is 0.890. The third-order valence-electron chi connectivity index (χ3n) is 3.37. The van der Waals surface area contributed by atoms with E-state index in [1.165, 1.54) is 0 Å². The van der Waals surface area contributed by atoms with Crippen LogP contribution in [0.5, 0.6) is 0 Å². The lowest BCUT2D eigenvalue weighted by Gasteiger charge is -2.12. The second kappa shape index (κ2) is 7.60. The van der Waals surface area contributed by atoms with Gasteiger partial charge in [0.05, 0.1) is 11.3 Å². The minimum Gasteiger partial charge on any atom is -0.332 e. The third kappa shape index (κ3) is 4.08. The molecular weight excluding hydrogens is 298 g/mol. The van der Waals surface area contributed by atoms with Crippen LogP contribution in [-0.2, 0) is 4.79 Å². The number of quaternary nitrogens is 1. The van der Waals surface area contributed by atoms with E-state index >= 15 is 0 Å². The summed E-state index contributed by atoms with van der Waals surface area (Å²) in [6.07, 6.45) is 0. The van der Waals surface area contributed by atoms with Crippen molar-refractivity contribution in [1.29, 1.82) is 5.26 Å². The fourth-order valence-electron chi connectivity index (χ4n) is 2.15. The molecule has 1 atom stereocenters. The number of anilines is 1. The van der Waals surface area contributed by atoms with Gasteiger partial charge in [0.1, 0.15) is 12.1 Å². The van der Waals surface area contributed by atoms with Crippen LogP contribution in [0.2, 0.25) is 5.02 Å². The average Bonchev–Trinajstić information content (AvgIpc) is 2.53. The molecule has 2 rings (SSSR count). The van der Waals surface area contributed by atoms with E-state index in [0.29, 0.717) is 16.3 Å². The van der Waals surface area contributed by atoms with Gasteiger partial charge in [0.15, 0.2) is 6.54 Å². The lowest BCUT2D eigenvalue weighted by Crippen LogP contribution is -2.86. The van der Waals surface area contributed by atoms with Gasteiger partial charge in [-0.1, -0.05) is 41.9 Å². The highest BCUT2D eigenvalue weighted by molar-refractivity contribution is 6.31. The van der Waals surface area contributed by atoms with Gasteiger partial charge >= 0.3 is 0 Å². The average molecular weight is 315 g/mol. The Morgan fingerprint density at radius 1 is 1.27 bits per heavy atom. The van der Waals surface area contributed by atoms with Crippen molar-refractivity contribution in [3.8, 4) is 6.07 Å². The van der Waals surface area contributed by atoms with E-state index in [4.69, 9.17) is 16.9 Å². The van der Waals surface area contributed by atoms with Crippen LogP contribution in [0.3, 0.4) is 0 Å². The number of para-hydroxylation sites is 1. The van der Waals surface area contributed by atoms with Crippen LogP contribution < -0.4 is 10.6 Å². The molecule has 1 amide bonds. The first-order chi connectivity index (χ1) is 10.6. The number of benzene rings is 2. The minimum atomic E-state index is -0.151. The van der Waals surface area contributed by atoms with Gasteiger partial charge in [0.25, 0.3) is 5.91 Å². The van der Waals surface area contributed by atoms with Gasteiger partial charge in [0.2, 0.25) is 0 Å². The van der Waals surface area contributed by atoms with Crippen molar-refractivity contribution in [3.05, 3.63) is 64.7 Å². The second-order valence-electron chi connectivity index (χ2n) is 4.96. The fraction of sp³-hybridized carbons (Fsp3) is 0.176. The molecule has 112 valence electrons. The lowest BCUT2D eigenvalue weighted by atomic mass is 10.1. The number of halogens is 1. The molecule has 0 heterocycles. The zero-order chi connectivity index (χ0) is 15.9. The normalized spacial score (nSPS) is 11.5. The molecule has 22 heavy (non-hydrogen) atoms. The van der Waals surface area contributed by atoms with Crippen LogP contribution in [-0.4, -0.2) is 12.5 Å². The van der Waals surface area contributed by atoms with Crippen LogP contribution in [0, 0.1) is 11.3 Å². The highest BCUT2D eigenvalue weighted by Crippen LogP contribution is 2.19. The number of rotatable bonds is 5. The zero-order valence-corrected chi connectivity index (χ0v) is 13.0. The molecule has 0 fully saturated rings. The molecule has 0 unspecified atom stereocenters. The van der Waals surface area contributed by atoms with Gasteiger partial charge in [-0.2, -0.15) is 5.26 Å². The summed E-state index contributed by atoms with van der Waals surface area (Å²) in [7, 11) is 0. The molecule has 0 aliphatic carbocycles. The van der Waals surface area contributed by atoms with E-state index in [1.54, 1.807) is 24.3 Å². The highest BCUT2D eigenvalue weighted by Gasteiger charge is 2.14. The number of hydrogen-bond donors (Lipinski definition) is 2. The molecule has 4 nitrogen and oxygen atoms in total. The van der Waals surface area contributed by atoms with Crippen molar-refractivity contribution in [1.82, 2.24) is 0 Å². The van der Waals surface area contributed by atoms with Crippen molar-refractivity contribution >= 4 is 23.2 Å². The van der Waals surface area contributed by atoms with Gasteiger partial charge in [-0.25, -0.2) is 0 Å². The van der Waals surface area contributed by atoms with Gasteiger partial charge in [-0.3, -0.25) is 4.79 Å². The number of amides is 1. The van der Waals surface area contributed by atoms with E-state index in [0.717, 1.165) is 5.56 Å². The molecule has 0 aliphatic heterocycles. The summed E-state index contributed by atoms with van der Waals surface area (Å²) >= 11 is 6.15. The van der Waals surface area contributed by atoms with Crippen molar-refractivity contribution in [2.24, 2.45) is 0 Å². The number of nitrogens with one attached hydrogen (secondary N) is 1. The summed E-state index contributed by atoms with van der Waals surface area (Å²) in [6, 6.07) is 16.7. The molecule has 0 spiro atoms. The predicted molar refractivity (Wildman–Crippen MR) is 86.4 cm³/mol. The summed E-state index contributed by atoms with van der Waals surface area (Å²) in [5, 5.41) is 14.4. The van der Waals surface area contributed by atoms with Crippen molar-refractivity contribution in [2.45, 2.75) is 13.0 Å². The Labute approximate surface area is 134 Å². The number of nitrogens with zero attached hydrogens (tertiary/aromatic N) is 1. The smallest absolute Gasteiger partial charge is 0.279 e. The molecule has 0 aliphatic rings. The topological polar surface area (TPSA) is 69.5 Å². The van der Waals surface area contributed by atoms with Gasteiger partial charge in [-0.05, 0) is 25.1 Å². The number of carbonyl (C=O) groups excluding carboxylic acids is 1. The zero-order valence-electron chi connectivity index (χ0n) is 12.2. The largest absolute Gasteiger partial charge is 0.332 e. The maximum Gasteiger partial charge on any atom is 0.279 e. The molecular formula is C17H17ClN3O+. The Bertz CT molecular complexity index is 709. The molecule has 2 aromatic rings. The van der Waals surface area contributed by atoms with Crippen molar-refractivity contribution in [2.75, 3.05) is 11.9 Å². The first-order valence-electron chi connectivity index (χ1n) is 6.98. The molecule has 3 N–H and O–H groups in total. The van der Waals surface area contributed by atoms with Crippen molar-refractivity contribution in [3.63, 3.8) is 0 Å². The van der Waals surface area contributed by atoms with Crippen LogP contribution >= 0.6 is 11.6 Å². The Morgan fingerprint density at radius 2 is 1.95 bits per heavy atom. The monoisotopic (exact) mass is 314 g/mol. The Balaban J connectivity index is 1.93. The lowest BCUT2D eigenvalue weighted by molar-refractivity contribution is -0.682. The Hall–Kier alpha value is -2.35. The van der Waals surface area contributed by atoms with Crippen LogP contribution in [0.25, 0.3) is 0 Å². The molecule has 0 aromatic heterocycles. The minimum absolute atomic E-state index is 0.0747. The van der Waals surface area contributed by atoms with E-state index in [2.05, 4.69) is 11.4 Å². The molecule has 2 aromatic carbocycles. The molecule has 5 heteroatoms. The van der Waals surface area contributed by atoms with Crippen LogP contribution in [0.4, 0.5) is 5.69 Å². The third-order valence-corrected chi connectivity index (χ3v) is 3.72. The molecule has 0 saturated carbocycles. The Morgan fingerprint density at radius 3 is 2.68 bits per heavy atom. The number of nitriles is 1. The first kappa shape index (κ1) is 16.0. The van der Waals surface area contributed by atoms with Gasteiger partial charge in [-0.15, -0.1) is 0 Å². The summed E-state index contributed by atoms with van der Waals surface area (Å²) in [6.45, 7) is 2.25. The summed E-state index contributed by atoms with van der Waals surface area (Å²) in [5.74, 6) is -0.151. The van der Waals surface area contributed by atoms with E-state index in [9.17, 15) is 4.79 Å². The van der Waals surface area contributed by atoms with E-state index in [-0.39, 0.29) is 18.5 Å². The number of nitrogens with two attached hydrogens (primary N) is 1. The van der Waals surface area contributed by atoms with Crippen molar-refractivity contribution < 1.29 is 10.1 Å². The van der Waals surface area contributed by atoms with E-state index < -0.39 is 0 Å². The summed E-state index contributed by atoms with van der Waals surface area (Å²) in [5.41, 5.74) is 1.98. The predicted octanol–water partition coefficient (Wildman–Crippen LogP) is 2.47. The van der Waals surface area contributed by atoms with Gasteiger partial charge < -0.3 is 10.6 Å². The summed E-state index contributed by atoms with van der Waals surface area (Å²) < 4.78 is 0. The number of hydrogen-bond acceptors (Lipinski definition) is 2. The molecule has 0 bridgehead atoms. The Kier molecular flexibility index (Phi) is 5.54. The maximum atomic E-state index is 12.0. The highest BCUT2D eigenvalue weighted by atomic mass is 35.5. The van der Waals surface area contributed by atoms with Crippen LogP contribution in [0.1, 0.15) is 24.1 Å². The maximum absolute atomic E-state index is 12.0. The second-order valence-corrected chi connectivity index (χ2v) is 5.36. The standard InChI is InChI=1S/C17H16ClN3O/c1-12(14-7-3-4-8-15(14)18)20-11-17(22)21-16-9-5-2-6-13(16)10-19/h2-9,12,20H,11H2,1H3,(H,21,22)/p+1/t12-/m1/s1. The number of carbonyl (C=O) groups is 1.